The average molecular weight is 691 g/mol. The van der Waals surface area contributed by atoms with Crippen LogP contribution in [0.1, 0.15) is 73.9 Å². The predicted octanol–water partition coefficient (Wildman–Crippen LogP) is 6.76. The van der Waals surface area contributed by atoms with Gasteiger partial charge in [0.05, 0.1) is 24.1 Å². The number of nitrogens with zero attached hydrogens (tertiary/aromatic N) is 1. The Morgan fingerprint density at radius 2 is 1.80 bits per heavy atom. The second kappa shape index (κ2) is 12.5. The minimum absolute atomic E-state index is 0.0835. The Bertz CT molecular complexity index is 2030. The van der Waals surface area contributed by atoms with Crippen molar-refractivity contribution in [1.82, 2.24) is 5.32 Å². The van der Waals surface area contributed by atoms with Crippen LogP contribution >= 0.6 is 0 Å². The molecule has 1 aromatic heterocycles. The zero-order chi connectivity index (χ0) is 34.8. The number of hydrogen-bond acceptors (Lipinski definition) is 6. The molecule has 2 saturated carbocycles. The van der Waals surface area contributed by atoms with Crippen LogP contribution in [0.2, 0.25) is 0 Å². The molecule has 8 rings (SSSR count). The fraction of sp³-hybridized carbons (Fsp3) is 0.432. The molecule has 3 heterocycles. The van der Waals surface area contributed by atoms with Crippen molar-refractivity contribution in [3.05, 3.63) is 82.9 Å². The van der Waals surface area contributed by atoms with Crippen molar-refractivity contribution in [3.63, 3.8) is 0 Å². The lowest BCUT2D eigenvalue weighted by atomic mass is 9.52. The molecular weight excluding hydrogens is 649 g/mol. The number of halogens is 2. The molecule has 2 bridgehead atoms. The molecule has 4 aromatic rings. The van der Waals surface area contributed by atoms with E-state index in [1.807, 2.05) is 13.0 Å². The third-order valence-corrected chi connectivity index (χ3v) is 12.0. The SMILES string of the molecule is CNC(=O)c1c(-c2ccc(F)cc2)oc2cc(N(Cc3ccc(B4OCC[C@H]5C[C@@H]([C@@H](C)O4)C5(C)C)c(F)c3)S(C)(=O)=O)c(C3CC3)cc12. The Morgan fingerprint density at radius 1 is 1.06 bits per heavy atom. The summed E-state index contributed by atoms with van der Waals surface area (Å²) >= 11 is 0. The van der Waals surface area contributed by atoms with Crippen molar-refractivity contribution in [2.75, 3.05) is 24.2 Å². The summed E-state index contributed by atoms with van der Waals surface area (Å²) in [6.07, 6.45) is 4.68. The Morgan fingerprint density at radius 3 is 2.43 bits per heavy atom. The number of nitrogens with one attached hydrogen (secondary N) is 1. The smallest absolute Gasteiger partial charge is 0.455 e. The summed E-state index contributed by atoms with van der Waals surface area (Å²) < 4.78 is 76.4. The van der Waals surface area contributed by atoms with E-state index in [9.17, 15) is 17.6 Å². The van der Waals surface area contributed by atoms with Crippen LogP contribution in [0.15, 0.2) is 59.0 Å². The Labute approximate surface area is 286 Å². The molecule has 3 aromatic carbocycles. The molecule has 2 saturated heterocycles. The van der Waals surface area contributed by atoms with Crippen LogP contribution in [0.3, 0.4) is 0 Å². The lowest BCUT2D eigenvalue weighted by Gasteiger charge is -2.54. The molecule has 12 heteroatoms. The molecule has 0 radical (unpaired) electrons. The molecule has 0 spiro atoms. The first-order chi connectivity index (χ1) is 23.3. The molecule has 4 aliphatic rings. The molecule has 1 N–H and O–H groups in total. The highest BCUT2D eigenvalue weighted by Gasteiger charge is 2.51. The number of carbonyl (C=O) groups is 1. The monoisotopic (exact) mass is 690 g/mol. The first-order valence-corrected chi connectivity index (χ1v) is 18.7. The highest BCUT2D eigenvalue weighted by Crippen LogP contribution is 2.55. The number of sulfonamides is 1. The number of anilines is 1. The molecule has 258 valence electrons. The fourth-order valence-electron chi connectivity index (χ4n) is 7.80. The lowest BCUT2D eigenvalue weighted by Crippen LogP contribution is -2.51. The van der Waals surface area contributed by atoms with E-state index in [0.29, 0.717) is 46.2 Å². The summed E-state index contributed by atoms with van der Waals surface area (Å²) in [4.78, 5) is 13.2. The summed E-state index contributed by atoms with van der Waals surface area (Å²) in [5, 5.41) is 3.19. The molecule has 3 atom stereocenters. The summed E-state index contributed by atoms with van der Waals surface area (Å²) in [6.45, 7) is 6.88. The Balaban J connectivity index is 1.24. The van der Waals surface area contributed by atoms with Crippen molar-refractivity contribution >= 4 is 45.2 Å². The third-order valence-electron chi connectivity index (χ3n) is 10.9. The minimum atomic E-state index is -3.87. The first-order valence-electron chi connectivity index (χ1n) is 16.9. The van der Waals surface area contributed by atoms with Gasteiger partial charge < -0.3 is 19.0 Å². The van der Waals surface area contributed by atoms with E-state index < -0.39 is 28.8 Å². The van der Waals surface area contributed by atoms with Crippen LogP contribution in [-0.2, 0) is 25.9 Å². The maximum Gasteiger partial charge on any atom is 0.497 e. The zero-order valence-electron chi connectivity index (χ0n) is 28.4. The minimum Gasteiger partial charge on any atom is -0.455 e. The number of amides is 1. The van der Waals surface area contributed by atoms with Gasteiger partial charge in [0.1, 0.15) is 23.0 Å². The molecular formula is C37H41BF2N2O6S. The maximum atomic E-state index is 15.9. The number of carbonyl (C=O) groups excluding carboxylic acids is 1. The zero-order valence-corrected chi connectivity index (χ0v) is 29.2. The number of furan rings is 1. The van der Waals surface area contributed by atoms with Gasteiger partial charge in [0.25, 0.3) is 5.91 Å². The van der Waals surface area contributed by atoms with E-state index in [4.69, 9.17) is 13.7 Å². The van der Waals surface area contributed by atoms with Gasteiger partial charge in [-0.3, -0.25) is 9.10 Å². The van der Waals surface area contributed by atoms with Crippen molar-refractivity contribution in [1.29, 1.82) is 0 Å². The van der Waals surface area contributed by atoms with Gasteiger partial charge in [-0.2, -0.15) is 0 Å². The largest absolute Gasteiger partial charge is 0.497 e. The van der Waals surface area contributed by atoms with Crippen LogP contribution in [-0.4, -0.2) is 47.5 Å². The topological polar surface area (TPSA) is 98.1 Å². The quantitative estimate of drug-likeness (QED) is 0.205. The molecule has 2 aliphatic carbocycles. The van der Waals surface area contributed by atoms with Crippen molar-refractivity contribution in [3.8, 4) is 11.3 Å². The Hall–Kier alpha value is -3.74. The average Bonchev–Trinajstić information content (AvgIpc) is 3.81. The number of rotatable bonds is 8. The van der Waals surface area contributed by atoms with E-state index in [1.54, 1.807) is 18.2 Å². The Kier molecular flexibility index (Phi) is 8.64. The van der Waals surface area contributed by atoms with Gasteiger partial charge in [-0.1, -0.05) is 26.0 Å². The molecule has 0 unspecified atom stereocenters. The highest BCUT2D eigenvalue weighted by molar-refractivity contribution is 7.92. The van der Waals surface area contributed by atoms with Crippen LogP contribution in [0.25, 0.3) is 22.3 Å². The van der Waals surface area contributed by atoms with Crippen molar-refractivity contribution in [2.45, 2.75) is 65.0 Å². The lowest BCUT2D eigenvalue weighted by molar-refractivity contribution is -0.0783. The van der Waals surface area contributed by atoms with Gasteiger partial charge >= 0.3 is 7.12 Å². The molecule has 2 aliphatic heterocycles. The third kappa shape index (κ3) is 6.27. The van der Waals surface area contributed by atoms with Gasteiger partial charge in [-0.25, -0.2) is 17.2 Å². The van der Waals surface area contributed by atoms with Crippen LogP contribution in [0.4, 0.5) is 14.5 Å². The molecule has 49 heavy (non-hydrogen) atoms. The van der Waals surface area contributed by atoms with Crippen LogP contribution < -0.4 is 15.1 Å². The summed E-state index contributed by atoms with van der Waals surface area (Å²) in [5.41, 5.74) is 3.12. The molecule has 8 nitrogen and oxygen atoms in total. The summed E-state index contributed by atoms with van der Waals surface area (Å²) in [5.74, 6) is -0.103. The summed E-state index contributed by atoms with van der Waals surface area (Å²) in [6, 6.07) is 13.8. The van der Waals surface area contributed by atoms with E-state index in [2.05, 4.69) is 19.2 Å². The van der Waals surface area contributed by atoms with Gasteiger partial charge in [-0.15, -0.1) is 0 Å². The first kappa shape index (κ1) is 33.7. The molecule has 4 fully saturated rings. The van der Waals surface area contributed by atoms with Crippen LogP contribution in [0, 0.1) is 28.9 Å². The van der Waals surface area contributed by atoms with Crippen molar-refractivity contribution in [2.24, 2.45) is 17.3 Å². The normalized spacial score (nSPS) is 22.2. The standard InChI is InChI=1S/C37H41BF2N2O6S/c1-21-29-17-25(37(29,2)3)14-15-46-38(48-21)30-13-6-22(16-31(30)40)20-42(49(5,44)45)32-19-33-28(18-27(32)23-7-8-23)34(36(43)41-4)35(47-33)24-9-11-26(39)12-10-24/h6,9-13,16,18-19,21,23,25,29H,7-8,14-15,17,20H2,1-5H3,(H,41,43)/t21-,25+,29+/m1/s1. The second-order valence-electron chi connectivity index (χ2n) is 14.4. The fourth-order valence-corrected chi connectivity index (χ4v) is 8.70. The van der Waals surface area contributed by atoms with Crippen molar-refractivity contribution < 1.29 is 35.7 Å². The van der Waals surface area contributed by atoms with Gasteiger partial charge in [0.15, 0.2) is 0 Å². The number of benzene rings is 3. The van der Waals surface area contributed by atoms with Gasteiger partial charge in [0, 0.05) is 42.2 Å². The second-order valence-corrected chi connectivity index (χ2v) is 16.3. The van der Waals surface area contributed by atoms with E-state index >= 15 is 4.39 Å². The summed E-state index contributed by atoms with van der Waals surface area (Å²) in [7, 11) is -3.22. The maximum absolute atomic E-state index is 15.9. The molecule has 1 amide bonds. The predicted molar refractivity (Wildman–Crippen MR) is 186 cm³/mol. The van der Waals surface area contributed by atoms with Gasteiger partial charge in [0.2, 0.25) is 10.0 Å². The number of hydrogen-bond donors (Lipinski definition) is 1. The van der Waals surface area contributed by atoms with Gasteiger partial charge in [-0.05, 0) is 103 Å². The van der Waals surface area contributed by atoms with E-state index in [1.165, 1.54) is 41.7 Å². The number of fused-ring (bicyclic) bond motifs is 6. The van der Waals surface area contributed by atoms with E-state index in [-0.39, 0.29) is 46.7 Å². The van der Waals surface area contributed by atoms with Crippen LogP contribution in [0.5, 0.6) is 0 Å². The van der Waals surface area contributed by atoms with E-state index in [0.717, 1.165) is 37.5 Å². The highest BCUT2D eigenvalue weighted by atomic mass is 32.2.